The van der Waals surface area contributed by atoms with E-state index in [9.17, 15) is 13.2 Å². The van der Waals surface area contributed by atoms with Gasteiger partial charge in [0.25, 0.3) is 0 Å². The van der Waals surface area contributed by atoms with Gasteiger partial charge in [0.1, 0.15) is 0 Å². The normalized spacial score (nSPS) is 12.3. The zero-order chi connectivity index (χ0) is 15.6. The molecule has 0 aliphatic carbocycles. The fourth-order valence-corrected chi connectivity index (χ4v) is 2.56. The van der Waals surface area contributed by atoms with Crippen molar-refractivity contribution in [2.45, 2.75) is 19.4 Å². The summed E-state index contributed by atoms with van der Waals surface area (Å²) in [5.74, 6) is -3.97. The van der Waals surface area contributed by atoms with Crippen molar-refractivity contribution >= 4 is 28.9 Å². The molecule has 1 unspecified atom stereocenters. The van der Waals surface area contributed by atoms with Crippen LogP contribution in [0.15, 0.2) is 30.3 Å². The van der Waals surface area contributed by atoms with Crippen molar-refractivity contribution in [3.63, 3.8) is 0 Å². The zero-order valence-corrected chi connectivity index (χ0v) is 12.6. The van der Waals surface area contributed by atoms with Gasteiger partial charge in [-0.25, -0.2) is 13.2 Å². The summed E-state index contributed by atoms with van der Waals surface area (Å²) in [6.45, 7) is 1.89. The topological polar surface area (TPSA) is 12.0 Å². The maximum atomic E-state index is 13.2. The lowest BCUT2D eigenvalue weighted by Crippen LogP contribution is -2.11. The van der Waals surface area contributed by atoms with Gasteiger partial charge >= 0.3 is 0 Å². The van der Waals surface area contributed by atoms with Gasteiger partial charge in [-0.15, -0.1) is 0 Å². The van der Waals surface area contributed by atoms with Crippen LogP contribution in [0.2, 0.25) is 10.0 Å². The predicted octanol–water partition coefficient (Wildman–Crippen LogP) is 5.97. The largest absolute Gasteiger partial charge is 0.378 e. The Morgan fingerprint density at radius 1 is 1.05 bits per heavy atom. The minimum absolute atomic E-state index is 0.143. The summed E-state index contributed by atoms with van der Waals surface area (Å²) >= 11 is 12.0. The van der Waals surface area contributed by atoms with E-state index in [0.29, 0.717) is 16.5 Å². The molecule has 0 saturated carbocycles. The van der Waals surface area contributed by atoms with Gasteiger partial charge < -0.3 is 5.32 Å². The van der Waals surface area contributed by atoms with Crippen LogP contribution in [0, 0.1) is 17.5 Å². The summed E-state index contributed by atoms with van der Waals surface area (Å²) in [6.07, 6.45) is 0.613. The average Bonchev–Trinajstić information content (AvgIpc) is 2.42. The van der Waals surface area contributed by atoms with Gasteiger partial charge in [-0.3, -0.25) is 0 Å². The number of anilines is 1. The third kappa shape index (κ3) is 3.63. The molecule has 21 heavy (non-hydrogen) atoms. The third-order valence-electron chi connectivity index (χ3n) is 3.07. The first-order valence-electron chi connectivity index (χ1n) is 6.28. The van der Waals surface area contributed by atoms with E-state index in [4.69, 9.17) is 23.2 Å². The number of halogens is 5. The van der Waals surface area contributed by atoms with E-state index < -0.39 is 17.5 Å². The lowest BCUT2D eigenvalue weighted by atomic mass is 10.0. The first kappa shape index (κ1) is 16.0. The average molecular weight is 334 g/mol. The number of nitrogens with one attached hydrogen (secondary N) is 1. The second kappa shape index (κ2) is 6.58. The molecule has 0 bridgehead atoms. The number of rotatable bonds is 4. The smallest absolute Gasteiger partial charge is 0.194 e. The zero-order valence-electron chi connectivity index (χ0n) is 11.1. The first-order valence-corrected chi connectivity index (χ1v) is 7.04. The standard InChI is InChI=1S/C15H12Cl2F3N/c1-2-14(10-4-3-8(16)5-11(10)17)21-9-6-12(18)15(20)13(19)7-9/h3-7,14,21H,2H2,1H3. The second-order valence-electron chi connectivity index (χ2n) is 4.52. The molecule has 0 saturated heterocycles. The Bertz CT molecular complexity index is 638. The molecule has 1 N–H and O–H groups in total. The summed E-state index contributed by atoms with van der Waals surface area (Å²) in [6, 6.07) is 6.55. The van der Waals surface area contributed by atoms with Crippen LogP contribution in [-0.2, 0) is 0 Å². The quantitative estimate of drug-likeness (QED) is 0.679. The van der Waals surface area contributed by atoms with E-state index in [1.54, 1.807) is 18.2 Å². The Balaban J connectivity index is 2.31. The molecule has 2 aromatic rings. The van der Waals surface area contributed by atoms with E-state index in [1.807, 2.05) is 6.92 Å². The molecule has 2 rings (SSSR count). The van der Waals surface area contributed by atoms with Crippen LogP contribution in [-0.4, -0.2) is 0 Å². The highest BCUT2D eigenvalue weighted by Crippen LogP contribution is 2.31. The van der Waals surface area contributed by atoms with Crippen molar-refractivity contribution in [1.29, 1.82) is 0 Å². The van der Waals surface area contributed by atoms with Gasteiger partial charge in [-0.2, -0.15) is 0 Å². The molecule has 0 spiro atoms. The molecule has 0 aliphatic rings. The fourth-order valence-electron chi connectivity index (χ4n) is 2.02. The van der Waals surface area contributed by atoms with Gasteiger partial charge in [0.2, 0.25) is 0 Å². The Labute approximate surface area is 130 Å². The monoisotopic (exact) mass is 333 g/mol. The van der Waals surface area contributed by atoms with Crippen LogP contribution in [0.1, 0.15) is 24.9 Å². The van der Waals surface area contributed by atoms with E-state index in [1.165, 1.54) is 0 Å². The molecule has 112 valence electrons. The van der Waals surface area contributed by atoms with Gasteiger partial charge in [0.15, 0.2) is 17.5 Å². The van der Waals surface area contributed by atoms with Crippen LogP contribution in [0.4, 0.5) is 18.9 Å². The van der Waals surface area contributed by atoms with E-state index >= 15 is 0 Å². The Morgan fingerprint density at radius 2 is 1.67 bits per heavy atom. The van der Waals surface area contributed by atoms with Gasteiger partial charge in [-0.1, -0.05) is 36.2 Å². The first-order chi connectivity index (χ1) is 9.92. The fraction of sp³-hybridized carbons (Fsp3) is 0.200. The molecule has 1 nitrogen and oxygen atoms in total. The Morgan fingerprint density at radius 3 is 2.19 bits per heavy atom. The maximum Gasteiger partial charge on any atom is 0.194 e. The van der Waals surface area contributed by atoms with E-state index in [0.717, 1.165) is 17.7 Å². The SMILES string of the molecule is CCC(Nc1cc(F)c(F)c(F)c1)c1ccc(Cl)cc1Cl. The number of benzene rings is 2. The molecule has 0 aliphatic heterocycles. The summed E-state index contributed by atoms with van der Waals surface area (Å²) in [7, 11) is 0. The van der Waals surface area contributed by atoms with Crippen molar-refractivity contribution < 1.29 is 13.2 Å². The highest BCUT2D eigenvalue weighted by Gasteiger charge is 2.16. The summed E-state index contributed by atoms with van der Waals surface area (Å²) in [4.78, 5) is 0. The lowest BCUT2D eigenvalue weighted by Gasteiger charge is -2.20. The van der Waals surface area contributed by atoms with Crippen molar-refractivity contribution in [3.05, 3.63) is 63.4 Å². The van der Waals surface area contributed by atoms with Gasteiger partial charge in [0, 0.05) is 27.9 Å². The molecule has 0 heterocycles. The second-order valence-corrected chi connectivity index (χ2v) is 5.37. The molecule has 2 aromatic carbocycles. The molecular formula is C15H12Cl2F3N. The Hall–Kier alpha value is -1.39. The van der Waals surface area contributed by atoms with E-state index in [2.05, 4.69) is 5.32 Å². The summed E-state index contributed by atoms with van der Waals surface area (Å²) in [5.41, 5.74) is 0.887. The minimum atomic E-state index is -1.49. The van der Waals surface area contributed by atoms with Crippen molar-refractivity contribution in [3.8, 4) is 0 Å². The van der Waals surface area contributed by atoms with Crippen molar-refractivity contribution in [2.75, 3.05) is 5.32 Å². The van der Waals surface area contributed by atoms with Crippen LogP contribution in [0.25, 0.3) is 0 Å². The summed E-state index contributed by atoms with van der Waals surface area (Å²) in [5, 5.41) is 3.89. The van der Waals surface area contributed by atoms with Gasteiger partial charge in [-0.05, 0) is 24.1 Å². The minimum Gasteiger partial charge on any atom is -0.378 e. The predicted molar refractivity (Wildman–Crippen MR) is 79.4 cm³/mol. The van der Waals surface area contributed by atoms with E-state index in [-0.39, 0.29) is 11.7 Å². The van der Waals surface area contributed by atoms with Crippen LogP contribution in [0.3, 0.4) is 0 Å². The highest BCUT2D eigenvalue weighted by atomic mass is 35.5. The van der Waals surface area contributed by atoms with Crippen LogP contribution < -0.4 is 5.32 Å². The Kier molecular flexibility index (Phi) is 5.01. The molecule has 1 atom stereocenters. The highest BCUT2D eigenvalue weighted by molar-refractivity contribution is 6.35. The molecule has 0 amide bonds. The molecule has 0 fully saturated rings. The molecule has 6 heteroatoms. The lowest BCUT2D eigenvalue weighted by molar-refractivity contribution is 0.447. The molecule has 0 radical (unpaired) electrons. The molecular weight excluding hydrogens is 322 g/mol. The summed E-state index contributed by atoms with van der Waals surface area (Å²) < 4.78 is 39.4. The molecule has 0 aromatic heterocycles. The number of hydrogen-bond acceptors (Lipinski definition) is 1. The van der Waals surface area contributed by atoms with Crippen LogP contribution >= 0.6 is 23.2 Å². The third-order valence-corrected chi connectivity index (χ3v) is 3.63. The number of hydrogen-bond donors (Lipinski definition) is 1. The van der Waals surface area contributed by atoms with Crippen molar-refractivity contribution in [1.82, 2.24) is 0 Å². The van der Waals surface area contributed by atoms with Crippen molar-refractivity contribution in [2.24, 2.45) is 0 Å². The van der Waals surface area contributed by atoms with Gasteiger partial charge in [0.05, 0.1) is 6.04 Å². The van der Waals surface area contributed by atoms with Crippen LogP contribution in [0.5, 0.6) is 0 Å². The maximum absolute atomic E-state index is 13.2.